The van der Waals surface area contributed by atoms with Gasteiger partial charge in [0.2, 0.25) is 0 Å². The highest BCUT2D eigenvalue weighted by molar-refractivity contribution is 5.65. The van der Waals surface area contributed by atoms with Gasteiger partial charge in [-0.2, -0.15) is 15.8 Å². The number of nitriles is 3. The molecule has 0 aromatic heterocycles. The predicted octanol–water partition coefficient (Wildman–Crippen LogP) is 1.90. The van der Waals surface area contributed by atoms with E-state index >= 15 is 0 Å². The van der Waals surface area contributed by atoms with Crippen molar-refractivity contribution in [2.24, 2.45) is 0 Å². The Morgan fingerprint density at radius 3 is 2.24 bits per heavy atom. The summed E-state index contributed by atoms with van der Waals surface area (Å²) in [6, 6.07) is 11.9. The molecule has 4 nitrogen and oxygen atoms in total. The van der Waals surface area contributed by atoms with Gasteiger partial charge in [0.1, 0.15) is 23.9 Å². The van der Waals surface area contributed by atoms with Gasteiger partial charge in [0, 0.05) is 5.56 Å². The molecule has 0 saturated heterocycles. The SMILES string of the molecule is C#Cc1ccccc1NC(C#N)=C(C#N)C#N. The van der Waals surface area contributed by atoms with Gasteiger partial charge in [0.15, 0.2) is 5.57 Å². The first-order chi connectivity index (χ1) is 8.26. The summed E-state index contributed by atoms with van der Waals surface area (Å²) in [6.07, 6.45) is 5.29. The Labute approximate surface area is 99.0 Å². The highest BCUT2D eigenvalue weighted by atomic mass is 14.9. The molecule has 0 unspecified atom stereocenters. The first kappa shape index (κ1) is 11.9. The molecule has 0 saturated carbocycles. The Morgan fingerprint density at radius 2 is 1.71 bits per heavy atom. The lowest BCUT2D eigenvalue weighted by atomic mass is 10.1. The summed E-state index contributed by atoms with van der Waals surface area (Å²) in [5, 5.41) is 28.9. The number of para-hydroxylation sites is 1. The maximum atomic E-state index is 8.86. The summed E-state index contributed by atoms with van der Waals surface area (Å²) in [7, 11) is 0. The standard InChI is InChI=1S/C13H6N4/c1-2-10-5-3-4-6-12(10)17-13(9-16)11(7-14)8-15/h1,3-6,17H. The van der Waals surface area contributed by atoms with Gasteiger partial charge in [0.05, 0.1) is 5.69 Å². The molecule has 1 rings (SSSR count). The molecule has 0 aliphatic heterocycles. The molecule has 0 bridgehead atoms. The minimum Gasteiger partial charge on any atom is -0.344 e. The molecule has 1 aromatic carbocycles. The van der Waals surface area contributed by atoms with Gasteiger partial charge in [-0.15, -0.1) is 6.42 Å². The van der Waals surface area contributed by atoms with Crippen LogP contribution in [0.2, 0.25) is 0 Å². The average Bonchev–Trinajstić information content (AvgIpc) is 2.39. The van der Waals surface area contributed by atoms with Crippen molar-refractivity contribution in [3.05, 3.63) is 41.1 Å². The lowest BCUT2D eigenvalue weighted by Gasteiger charge is -2.06. The first-order valence-corrected chi connectivity index (χ1v) is 4.54. The van der Waals surface area contributed by atoms with Crippen LogP contribution >= 0.6 is 0 Å². The third-order valence-corrected chi connectivity index (χ3v) is 1.93. The van der Waals surface area contributed by atoms with Crippen molar-refractivity contribution in [1.29, 1.82) is 15.8 Å². The predicted molar refractivity (Wildman–Crippen MR) is 61.9 cm³/mol. The van der Waals surface area contributed by atoms with Crippen molar-refractivity contribution < 1.29 is 0 Å². The molecule has 0 amide bonds. The number of anilines is 1. The van der Waals surface area contributed by atoms with Crippen molar-refractivity contribution in [3.8, 4) is 30.6 Å². The zero-order chi connectivity index (χ0) is 12.7. The van der Waals surface area contributed by atoms with Crippen LogP contribution in [-0.4, -0.2) is 0 Å². The second-order valence-corrected chi connectivity index (χ2v) is 2.90. The van der Waals surface area contributed by atoms with E-state index in [1.165, 1.54) is 0 Å². The van der Waals surface area contributed by atoms with E-state index in [1.54, 1.807) is 42.5 Å². The van der Waals surface area contributed by atoms with Gasteiger partial charge in [-0.25, -0.2) is 0 Å². The minimum absolute atomic E-state index is 0.113. The molecule has 0 aliphatic carbocycles. The van der Waals surface area contributed by atoms with Crippen LogP contribution in [0.5, 0.6) is 0 Å². The highest BCUT2D eigenvalue weighted by Gasteiger charge is 2.07. The van der Waals surface area contributed by atoms with Gasteiger partial charge in [-0.3, -0.25) is 0 Å². The van der Waals surface area contributed by atoms with E-state index in [4.69, 9.17) is 22.2 Å². The summed E-state index contributed by atoms with van der Waals surface area (Å²) >= 11 is 0. The van der Waals surface area contributed by atoms with Crippen molar-refractivity contribution >= 4 is 5.69 Å². The zero-order valence-electron chi connectivity index (χ0n) is 8.73. The van der Waals surface area contributed by atoms with Crippen LogP contribution in [0, 0.1) is 46.3 Å². The summed E-state index contributed by atoms with van der Waals surface area (Å²) in [5.41, 5.74) is 0.669. The van der Waals surface area contributed by atoms with Crippen molar-refractivity contribution in [2.75, 3.05) is 5.32 Å². The second kappa shape index (κ2) is 5.62. The summed E-state index contributed by atoms with van der Waals surface area (Å²) in [4.78, 5) is 0. The van der Waals surface area contributed by atoms with Gasteiger partial charge in [-0.05, 0) is 12.1 Å². The van der Waals surface area contributed by atoms with Crippen LogP contribution in [0.4, 0.5) is 5.69 Å². The number of hydrogen-bond acceptors (Lipinski definition) is 4. The maximum absolute atomic E-state index is 8.86. The highest BCUT2D eigenvalue weighted by Crippen LogP contribution is 2.16. The van der Waals surface area contributed by atoms with Crippen molar-refractivity contribution in [3.63, 3.8) is 0 Å². The molecule has 1 N–H and O–H groups in total. The molecular formula is C13H6N4. The number of rotatable bonds is 2. The molecule has 0 atom stereocenters. The third kappa shape index (κ3) is 2.63. The van der Waals surface area contributed by atoms with Crippen molar-refractivity contribution in [1.82, 2.24) is 0 Å². The Kier molecular flexibility index (Phi) is 3.92. The van der Waals surface area contributed by atoms with E-state index in [2.05, 4.69) is 11.2 Å². The fourth-order valence-corrected chi connectivity index (χ4v) is 1.14. The molecule has 0 fully saturated rings. The number of terminal acetylenes is 1. The van der Waals surface area contributed by atoms with Crippen LogP contribution in [-0.2, 0) is 0 Å². The Hall–Kier alpha value is -3.21. The molecule has 1 aromatic rings. The van der Waals surface area contributed by atoms with Crippen molar-refractivity contribution in [2.45, 2.75) is 0 Å². The Balaban J connectivity index is 3.21. The van der Waals surface area contributed by atoms with E-state index in [9.17, 15) is 0 Å². The summed E-state index contributed by atoms with van der Waals surface area (Å²) in [5.74, 6) is 2.44. The maximum Gasteiger partial charge on any atom is 0.163 e. The third-order valence-electron chi connectivity index (χ3n) is 1.93. The molecule has 0 aliphatic rings. The first-order valence-electron chi connectivity index (χ1n) is 4.54. The molecule has 78 valence electrons. The van der Waals surface area contributed by atoms with E-state index in [1.807, 2.05) is 0 Å². The number of hydrogen-bond donors (Lipinski definition) is 1. The number of nitrogens with one attached hydrogen (secondary N) is 1. The molecule has 17 heavy (non-hydrogen) atoms. The molecule has 0 spiro atoms. The van der Waals surface area contributed by atoms with Gasteiger partial charge >= 0.3 is 0 Å². The Morgan fingerprint density at radius 1 is 1.06 bits per heavy atom. The van der Waals surface area contributed by atoms with E-state index < -0.39 is 0 Å². The summed E-state index contributed by atoms with van der Waals surface area (Å²) in [6.45, 7) is 0. The quantitative estimate of drug-likeness (QED) is 0.607. The normalized spacial score (nSPS) is 7.76. The van der Waals surface area contributed by atoms with E-state index in [-0.39, 0.29) is 11.3 Å². The van der Waals surface area contributed by atoms with Crippen LogP contribution in [0.15, 0.2) is 35.5 Å². The van der Waals surface area contributed by atoms with Crippen LogP contribution < -0.4 is 5.32 Å². The smallest absolute Gasteiger partial charge is 0.163 e. The van der Waals surface area contributed by atoms with Crippen LogP contribution in [0.1, 0.15) is 5.56 Å². The van der Waals surface area contributed by atoms with Crippen LogP contribution in [0.25, 0.3) is 0 Å². The van der Waals surface area contributed by atoms with Gasteiger partial charge in [-0.1, -0.05) is 18.1 Å². The van der Waals surface area contributed by atoms with Gasteiger partial charge < -0.3 is 5.32 Å². The Bertz CT molecular complexity index is 611. The number of nitrogens with zero attached hydrogens (tertiary/aromatic N) is 3. The number of allylic oxidation sites excluding steroid dienone is 2. The number of benzene rings is 1. The molecule has 4 heteroatoms. The van der Waals surface area contributed by atoms with E-state index in [0.29, 0.717) is 11.3 Å². The fourth-order valence-electron chi connectivity index (χ4n) is 1.14. The summed E-state index contributed by atoms with van der Waals surface area (Å²) < 4.78 is 0. The topological polar surface area (TPSA) is 83.4 Å². The average molecular weight is 218 g/mol. The fraction of sp³-hybridized carbons (Fsp3) is 0. The second-order valence-electron chi connectivity index (χ2n) is 2.90. The molecule has 0 heterocycles. The largest absolute Gasteiger partial charge is 0.344 e. The molecule has 0 radical (unpaired) electrons. The molecular weight excluding hydrogens is 212 g/mol. The lowest BCUT2D eigenvalue weighted by Crippen LogP contribution is -2.02. The lowest BCUT2D eigenvalue weighted by molar-refractivity contribution is 1.37. The zero-order valence-corrected chi connectivity index (χ0v) is 8.73. The van der Waals surface area contributed by atoms with Gasteiger partial charge in [0.25, 0.3) is 0 Å². The van der Waals surface area contributed by atoms with Crippen LogP contribution in [0.3, 0.4) is 0 Å². The van der Waals surface area contributed by atoms with E-state index in [0.717, 1.165) is 0 Å². The monoisotopic (exact) mass is 218 g/mol. The minimum atomic E-state index is -0.278.